The lowest BCUT2D eigenvalue weighted by atomic mass is 9.33. The smallest absolute Gasteiger partial charge is 0.338 e. The maximum Gasteiger partial charge on any atom is 0.338 e. The second-order valence-electron chi connectivity index (χ2n) is 20.0. The van der Waals surface area contributed by atoms with Crippen LogP contribution in [-0.2, 0) is 28.6 Å². The second kappa shape index (κ2) is 11.8. The predicted octanol–water partition coefficient (Wildman–Crippen LogP) is 5.59. The second-order valence-corrected chi connectivity index (χ2v) is 20.0. The number of aliphatic hydroxyl groups is 3. The Bertz CT molecular complexity index is 1450. The molecule has 14 atom stereocenters. The molecular weight excluding hydrogens is 640 g/mol. The van der Waals surface area contributed by atoms with Crippen LogP contribution in [-0.4, -0.2) is 80.6 Å². The third-order valence-corrected chi connectivity index (χ3v) is 15.5. The minimum Gasteiger partial charge on any atom is -0.481 e. The van der Waals surface area contributed by atoms with Crippen molar-refractivity contribution in [1.29, 1.82) is 0 Å². The topological polar surface area (TPSA) is 160 Å². The Morgan fingerprint density at radius 3 is 2.12 bits per heavy atom. The Balaban J connectivity index is 1.28. The van der Waals surface area contributed by atoms with Gasteiger partial charge in [-0.2, -0.15) is 0 Å². The average molecular weight is 703 g/mol. The van der Waals surface area contributed by atoms with Crippen LogP contribution >= 0.6 is 0 Å². The van der Waals surface area contributed by atoms with Crippen molar-refractivity contribution in [2.24, 2.45) is 50.2 Å². The lowest BCUT2D eigenvalue weighted by molar-refractivity contribution is -0.324. The first-order chi connectivity index (χ1) is 22.8. The number of esters is 1. The number of rotatable bonds is 4. The summed E-state index contributed by atoms with van der Waals surface area (Å²) in [6, 6.07) is 0. The lowest BCUT2D eigenvalue weighted by Gasteiger charge is -2.70. The Kier molecular flexibility index (Phi) is 8.96. The summed E-state index contributed by atoms with van der Waals surface area (Å²) in [6.45, 7) is 20.5. The zero-order valence-electron chi connectivity index (χ0n) is 31.9. The first-order valence-electron chi connectivity index (χ1n) is 18.9. The molecule has 0 aromatic carbocycles. The minimum absolute atomic E-state index is 0.0137. The van der Waals surface area contributed by atoms with Crippen LogP contribution in [0.5, 0.6) is 0 Å². The van der Waals surface area contributed by atoms with E-state index < -0.39 is 65.2 Å². The van der Waals surface area contributed by atoms with E-state index in [1.54, 1.807) is 20.8 Å². The monoisotopic (exact) mass is 702 g/mol. The molecule has 10 heteroatoms. The van der Waals surface area contributed by atoms with Crippen molar-refractivity contribution in [3.8, 4) is 0 Å². The van der Waals surface area contributed by atoms with Gasteiger partial charge in [0, 0.05) is 5.92 Å². The lowest BCUT2D eigenvalue weighted by Crippen LogP contribution is -2.67. The first-order valence-corrected chi connectivity index (χ1v) is 18.9. The number of aliphatic hydroxyl groups excluding tert-OH is 3. The molecule has 0 amide bonds. The van der Waals surface area contributed by atoms with Crippen LogP contribution in [0.3, 0.4) is 0 Å². The van der Waals surface area contributed by atoms with Gasteiger partial charge in [0.2, 0.25) is 0 Å². The number of carboxylic acids is 1. The highest BCUT2D eigenvalue weighted by Gasteiger charge is 2.70. The summed E-state index contributed by atoms with van der Waals surface area (Å²) >= 11 is 0. The number of aliphatic carboxylic acids is 1. The number of allylic oxidation sites excluding steroid dienone is 2. The molecule has 0 aromatic heterocycles. The van der Waals surface area contributed by atoms with Crippen LogP contribution in [0.1, 0.15) is 127 Å². The normalized spacial score (nSPS) is 50.1. The number of hydrogen-bond donors (Lipinski definition) is 4. The van der Waals surface area contributed by atoms with Crippen molar-refractivity contribution >= 4 is 17.7 Å². The third-order valence-electron chi connectivity index (χ3n) is 15.5. The summed E-state index contributed by atoms with van der Waals surface area (Å²) in [7, 11) is 0. The Morgan fingerprint density at radius 2 is 1.50 bits per heavy atom. The van der Waals surface area contributed by atoms with Crippen LogP contribution in [0.2, 0.25) is 0 Å². The number of carboxylic acid groups (broad SMARTS) is 1. The van der Waals surface area contributed by atoms with Crippen LogP contribution in [0.4, 0.5) is 0 Å². The van der Waals surface area contributed by atoms with E-state index >= 15 is 0 Å². The highest BCUT2D eigenvalue weighted by atomic mass is 16.7. The molecule has 282 valence electrons. The number of ether oxygens (including phenoxy) is 3. The number of fused-ring (bicyclic) bond motifs is 7. The van der Waals surface area contributed by atoms with E-state index in [4.69, 9.17) is 14.2 Å². The zero-order chi connectivity index (χ0) is 37.2. The summed E-state index contributed by atoms with van der Waals surface area (Å²) in [5.41, 5.74) is -1.82. The molecule has 4 saturated carbocycles. The van der Waals surface area contributed by atoms with Crippen molar-refractivity contribution in [2.45, 2.75) is 169 Å². The minimum atomic E-state index is -1.68. The van der Waals surface area contributed by atoms with Gasteiger partial charge in [-0.05, 0) is 130 Å². The molecule has 6 rings (SSSR count). The van der Waals surface area contributed by atoms with E-state index in [0.717, 1.165) is 32.1 Å². The van der Waals surface area contributed by atoms with Gasteiger partial charge in [-0.1, -0.05) is 47.1 Å². The molecule has 4 N–H and O–H groups in total. The summed E-state index contributed by atoms with van der Waals surface area (Å²) in [6.07, 6.45) is 0.808. The largest absolute Gasteiger partial charge is 0.481 e. The molecule has 10 nitrogen and oxygen atoms in total. The van der Waals surface area contributed by atoms with E-state index in [9.17, 15) is 34.8 Å². The van der Waals surface area contributed by atoms with Gasteiger partial charge in [0.15, 0.2) is 18.2 Å². The van der Waals surface area contributed by atoms with Crippen LogP contribution in [0.25, 0.3) is 0 Å². The van der Waals surface area contributed by atoms with Gasteiger partial charge >= 0.3 is 11.9 Å². The number of carbonyl (C=O) groups is 3. The quantitative estimate of drug-likeness (QED) is 0.215. The van der Waals surface area contributed by atoms with Gasteiger partial charge in [-0.15, -0.1) is 0 Å². The van der Waals surface area contributed by atoms with Gasteiger partial charge in [-0.3, -0.25) is 9.59 Å². The van der Waals surface area contributed by atoms with Gasteiger partial charge in [-0.25, -0.2) is 4.79 Å². The standard InChI is InChI=1S/C40H62O10/c1-34(2,3)50-31(45)29-27(43)26(42)28(44)32(49-29)48-25-12-13-38(8)24(35(25,4)5)11-14-40(10)30(38)23(41)19-21-22-20-37(7,33(46)47)16-15-36(22,6)17-18-39(21,40)9/h19,22,24-30,32,42-44H,11-18,20H2,1-10H3,(H,46,47)/t22-,24-,25-,26-,27-,28+,29-,30+,32+,36+,37-,38-,39+,40+/m0/s1. The highest BCUT2D eigenvalue weighted by molar-refractivity contribution is 5.95. The maximum absolute atomic E-state index is 14.7. The fraction of sp³-hybridized carbons (Fsp3) is 0.875. The Labute approximate surface area is 297 Å². The highest BCUT2D eigenvalue weighted by Crippen LogP contribution is 2.75. The van der Waals surface area contributed by atoms with Crippen LogP contribution < -0.4 is 0 Å². The van der Waals surface area contributed by atoms with Crippen LogP contribution in [0.15, 0.2) is 11.6 Å². The Morgan fingerprint density at radius 1 is 0.860 bits per heavy atom. The molecule has 0 aromatic rings. The fourth-order valence-electron chi connectivity index (χ4n) is 12.3. The molecule has 1 saturated heterocycles. The predicted molar refractivity (Wildman–Crippen MR) is 184 cm³/mol. The number of carbonyl (C=O) groups excluding carboxylic acids is 2. The molecule has 0 bridgehead atoms. The zero-order valence-corrected chi connectivity index (χ0v) is 31.9. The van der Waals surface area contributed by atoms with Crippen LogP contribution in [0, 0.1) is 50.2 Å². The summed E-state index contributed by atoms with van der Waals surface area (Å²) < 4.78 is 17.8. The first kappa shape index (κ1) is 37.9. The fourth-order valence-corrected chi connectivity index (χ4v) is 12.3. The SMILES string of the molecule is CC(C)(C)OC(=O)[C@H]1O[C@@H](O[C@H]2CC[C@]3(C)[C@H]4C(=O)C=C5[C@@H]6C[C@@](C)(C(=O)O)CC[C@]6(C)CC[C@@]5(C)[C@]4(C)CC[C@H]3C2(C)C)[C@H](O)[C@@H](O)[C@@H]1O. The molecule has 5 aliphatic carbocycles. The molecule has 0 unspecified atom stereocenters. The molecule has 0 radical (unpaired) electrons. The van der Waals surface area contributed by atoms with Crippen molar-refractivity contribution in [1.82, 2.24) is 0 Å². The molecule has 1 heterocycles. The Hall–Kier alpha value is -1.85. The van der Waals surface area contributed by atoms with Crippen molar-refractivity contribution in [3.63, 3.8) is 0 Å². The molecule has 0 spiro atoms. The molecule has 5 fully saturated rings. The number of ketones is 1. The molecule has 1 aliphatic heterocycles. The van der Waals surface area contributed by atoms with Gasteiger partial charge in [0.05, 0.1) is 11.5 Å². The third kappa shape index (κ3) is 5.47. The molecule has 50 heavy (non-hydrogen) atoms. The van der Waals surface area contributed by atoms with Crippen molar-refractivity contribution in [3.05, 3.63) is 11.6 Å². The summed E-state index contributed by atoms with van der Waals surface area (Å²) in [4.78, 5) is 40.1. The van der Waals surface area contributed by atoms with E-state index in [0.29, 0.717) is 25.7 Å². The van der Waals surface area contributed by atoms with Crippen molar-refractivity contribution in [2.75, 3.05) is 0 Å². The van der Waals surface area contributed by atoms with E-state index in [1.165, 1.54) is 5.57 Å². The molecular formula is C40H62O10. The van der Waals surface area contributed by atoms with E-state index in [-0.39, 0.29) is 45.2 Å². The summed E-state index contributed by atoms with van der Waals surface area (Å²) in [5, 5.41) is 42.5. The molecule has 6 aliphatic rings. The average Bonchev–Trinajstić information content (AvgIpc) is 2.99. The van der Waals surface area contributed by atoms with Gasteiger partial charge < -0.3 is 34.6 Å². The van der Waals surface area contributed by atoms with Crippen molar-refractivity contribution < 1.29 is 49.0 Å². The van der Waals surface area contributed by atoms with Gasteiger partial charge in [0.25, 0.3) is 0 Å². The van der Waals surface area contributed by atoms with Gasteiger partial charge in [0.1, 0.15) is 23.9 Å². The van der Waals surface area contributed by atoms with E-state index in [2.05, 4.69) is 41.5 Å². The number of hydrogen-bond acceptors (Lipinski definition) is 9. The summed E-state index contributed by atoms with van der Waals surface area (Å²) in [5.74, 6) is -1.49. The van der Waals surface area contributed by atoms with E-state index in [1.807, 2.05) is 13.0 Å². The maximum atomic E-state index is 14.7.